The first kappa shape index (κ1) is 21.0. The molecule has 2 aromatic rings. The van der Waals surface area contributed by atoms with E-state index < -0.39 is 0 Å². The monoisotopic (exact) mass is 425 g/mol. The lowest BCUT2D eigenvalue weighted by Crippen LogP contribution is -2.49. The van der Waals surface area contributed by atoms with Crippen LogP contribution in [0.5, 0.6) is 0 Å². The van der Waals surface area contributed by atoms with Gasteiger partial charge in [0.1, 0.15) is 0 Å². The second kappa shape index (κ2) is 8.88. The van der Waals surface area contributed by atoms with Crippen LogP contribution in [0.25, 0.3) is 0 Å². The first-order valence-corrected chi connectivity index (χ1v) is 10.9. The van der Waals surface area contributed by atoms with Crippen LogP contribution < -0.4 is 0 Å². The molecule has 4 rings (SSSR count). The number of halogens is 1. The largest absolute Gasteiger partial charge is 0.373 e. The van der Waals surface area contributed by atoms with Crippen molar-refractivity contribution in [3.63, 3.8) is 0 Å². The minimum atomic E-state index is -0.124. The number of rotatable bonds is 4. The molecule has 158 valence electrons. The molecular weight excluding hydrogens is 398 g/mol. The number of ether oxygens (including phenoxy) is 1. The maximum Gasteiger partial charge on any atom is 0.257 e. The molecule has 0 bridgehead atoms. The Hall–Kier alpha value is -2.21. The highest BCUT2D eigenvalue weighted by Crippen LogP contribution is 2.35. The van der Waals surface area contributed by atoms with Crippen LogP contribution in [0.3, 0.4) is 0 Å². The number of hydrazone groups is 1. The average molecular weight is 426 g/mol. The summed E-state index contributed by atoms with van der Waals surface area (Å²) in [5.41, 5.74) is 4.03. The van der Waals surface area contributed by atoms with E-state index in [2.05, 4.69) is 24.0 Å². The van der Waals surface area contributed by atoms with Gasteiger partial charge < -0.3 is 4.74 Å². The van der Waals surface area contributed by atoms with Crippen LogP contribution in [-0.2, 0) is 9.53 Å². The highest BCUT2D eigenvalue weighted by atomic mass is 35.5. The molecule has 2 aromatic carbocycles. The zero-order chi connectivity index (χ0) is 21.3. The summed E-state index contributed by atoms with van der Waals surface area (Å²) < 4.78 is 5.81. The Bertz CT molecular complexity index is 951. The van der Waals surface area contributed by atoms with E-state index in [4.69, 9.17) is 21.4 Å². The molecule has 1 saturated heterocycles. The van der Waals surface area contributed by atoms with Crippen LogP contribution in [-0.4, -0.2) is 53.4 Å². The van der Waals surface area contributed by atoms with Crippen molar-refractivity contribution in [1.82, 2.24) is 9.91 Å². The molecule has 0 saturated carbocycles. The normalized spacial score (nSPS) is 24.7. The SMILES string of the molecule is Cc1ccccc1C1CC(c2ccccc2Cl)=NN1C(=O)CN1CC(C)OC(C)C1. The highest BCUT2D eigenvalue weighted by Gasteiger charge is 2.35. The van der Waals surface area contributed by atoms with Crippen molar-refractivity contribution >= 4 is 23.2 Å². The number of morpholine rings is 1. The molecule has 0 aromatic heterocycles. The molecule has 6 heteroatoms. The highest BCUT2D eigenvalue weighted by molar-refractivity contribution is 6.34. The number of carbonyl (C=O) groups excluding carboxylic acids is 1. The van der Waals surface area contributed by atoms with E-state index in [-0.39, 0.29) is 24.2 Å². The van der Waals surface area contributed by atoms with Gasteiger partial charge in [0.25, 0.3) is 5.91 Å². The molecular formula is C24H28ClN3O2. The van der Waals surface area contributed by atoms with Gasteiger partial charge in [-0.3, -0.25) is 9.69 Å². The van der Waals surface area contributed by atoms with Gasteiger partial charge in [-0.15, -0.1) is 0 Å². The van der Waals surface area contributed by atoms with Gasteiger partial charge >= 0.3 is 0 Å². The quantitative estimate of drug-likeness (QED) is 0.727. The van der Waals surface area contributed by atoms with Gasteiger partial charge in [-0.2, -0.15) is 5.10 Å². The lowest BCUT2D eigenvalue weighted by Gasteiger charge is -2.35. The van der Waals surface area contributed by atoms with Crippen LogP contribution in [0.4, 0.5) is 0 Å². The fourth-order valence-corrected chi connectivity index (χ4v) is 4.72. The first-order valence-electron chi connectivity index (χ1n) is 10.5. The van der Waals surface area contributed by atoms with Crippen molar-refractivity contribution in [3.8, 4) is 0 Å². The van der Waals surface area contributed by atoms with E-state index in [9.17, 15) is 4.79 Å². The Morgan fingerprint density at radius 1 is 1.10 bits per heavy atom. The maximum atomic E-state index is 13.4. The van der Waals surface area contributed by atoms with E-state index in [0.29, 0.717) is 18.0 Å². The number of amides is 1. The van der Waals surface area contributed by atoms with Crippen LogP contribution in [0.15, 0.2) is 53.6 Å². The second-order valence-corrected chi connectivity index (χ2v) is 8.70. The number of aryl methyl sites for hydroxylation is 1. The molecule has 1 fully saturated rings. The van der Waals surface area contributed by atoms with Crippen LogP contribution in [0, 0.1) is 6.92 Å². The Morgan fingerprint density at radius 3 is 2.47 bits per heavy atom. The standard InChI is InChI=1S/C24H28ClN3O2/c1-16-8-4-5-9-19(16)23-12-22(20-10-6-7-11-21(20)25)26-28(23)24(29)15-27-13-17(2)30-18(3)14-27/h4-11,17-18,23H,12-15H2,1-3H3. The lowest BCUT2D eigenvalue weighted by atomic mass is 9.95. The van der Waals surface area contributed by atoms with Gasteiger partial charge in [0, 0.05) is 30.1 Å². The number of benzene rings is 2. The van der Waals surface area contributed by atoms with Crippen molar-refractivity contribution in [3.05, 3.63) is 70.2 Å². The predicted molar refractivity (Wildman–Crippen MR) is 120 cm³/mol. The Labute approximate surface area is 183 Å². The summed E-state index contributed by atoms with van der Waals surface area (Å²) in [5, 5.41) is 7.11. The topological polar surface area (TPSA) is 45.1 Å². The zero-order valence-electron chi connectivity index (χ0n) is 17.7. The van der Waals surface area contributed by atoms with E-state index in [0.717, 1.165) is 35.5 Å². The molecule has 0 aliphatic carbocycles. The van der Waals surface area contributed by atoms with E-state index in [1.54, 1.807) is 5.01 Å². The van der Waals surface area contributed by atoms with E-state index in [1.807, 2.05) is 50.2 Å². The fourth-order valence-electron chi connectivity index (χ4n) is 4.48. The van der Waals surface area contributed by atoms with Gasteiger partial charge in [-0.25, -0.2) is 5.01 Å². The molecule has 3 unspecified atom stereocenters. The number of hydrogen-bond donors (Lipinski definition) is 0. The summed E-state index contributed by atoms with van der Waals surface area (Å²) in [5.74, 6) is 0.00612. The summed E-state index contributed by atoms with van der Waals surface area (Å²) in [4.78, 5) is 15.6. The van der Waals surface area contributed by atoms with Crippen molar-refractivity contribution in [1.29, 1.82) is 0 Å². The number of hydrogen-bond acceptors (Lipinski definition) is 4. The number of carbonyl (C=O) groups is 1. The van der Waals surface area contributed by atoms with Crippen molar-refractivity contribution < 1.29 is 9.53 Å². The fraction of sp³-hybridized carbons (Fsp3) is 0.417. The third kappa shape index (κ3) is 4.43. The third-order valence-electron chi connectivity index (χ3n) is 5.75. The van der Waals surface area contributed by atoms with Gasteiger partial charge in [0.2, 0.25) is 0 Å². The average Bonchev–Trinajstić information content (AvgIpc) is 3.13. The van der Waals surface area contributed by atoms with Gasteiger partial charge in [0.05, 0.1) is 30.5 Å². The zero-order valence-corrected chi connectivity index (χ0v) is 18.5. The molecule has 0 radical (unpaired) electrons. The second-order valence-electron chi connectivity index (χ2n) is 8.29. The smallest absolute Gasteiger partial charge is 0.257 e. The summed E-state index contributed by atoms with van der Waals surface area (Å²) in [6, 6.07) is 15.8. The Kier molecular flexibility index (Phi) is 6.23. The van der Waals surface area contributed by atoms with E-state index >= 15 is 0 Å². The third-order valence-corrected chi connectivity index (χ3v) is 6.08. The Morgan fingerprint density at radius 2 is 1.77 bits per heavy atom. The summed E-state index contributed by atoms with van der Waals surface area (Å²) >= 11 is 6.44. The molecule has 30 heavy (non-hydrogen) atoms. The van der Waals surface area contributed by atoms with Crippen molar-refractivity contribution in [2.24, 2.45) is 5.10 Å². The van der Waals surface area contributed by atoms with Crippen LogP contribution >= 0.6 is 11.6 Å². The van der Waals surface area contributed by atoms with Crippen molar-refractivity contribution in [2.45, 2.75) is 45.4 Å². The van der Waals surface area contributed by atoms with Crippen LogP contribution in [0.2, 0.25) is 5.02 Å². The van der Waals surface area contributed by atoms with Crippen LogP contribution in [0.1, 0.15) is 43.0 Å². The Balaban J connectivity index is 1.63. The molecule has 2 aliphatic heterocycles. The van der Waals surface area contributed by atoms with E-state index in [1.165, 1.54) is 0 Å². The predicted octanol–water partition coefficient (Wildman–Crippen LogP) is 4.44. The molecule has 1 amide bonds. The lowest BCUT2D eigenvalue weighted by molar-refractivity contribution is -0.137. The van der Waals surface area contributed by atoms with Gasteiger partial charge in [-0.1, -0.05) is 54.1 Å². The first-order chi connectivity index (χ1) is 14.4. The van der Waals surface area contributed by atoms with Gasteiger partial charge in [0.15, 0.2) is 0 Å². The summed E-state index contributed by atoms with van der Waals surface area (Å²) in [7, 11) is 0. The summed E-state index contributed by atoms with van der Waals surface area (Å²) in [6.07, 6.45) is 0.889. The minimum Gasteiger partial charge on any atom is -0.373 e. The number of nitrogens with zero attached hydrogens (tertiary/aromatic N) is 3. The molecule has 2 heterocycles. The minimum absolute atomic E-state index is 0.00612. The van der Waals surface area contributed by atoms with Gasteiger partial charge in [-0.05, 0) is 38.0 Å². The van der Waals surface area contributed by atoms with Crippen molar-refractivity contribution in [2.75, 3.05) is 19.6 Å². The molecule has 0 spiro atoms. The molecule has 0 N–H and O–H groups in total. The molecule has 5 nitrogen and oxygen atoms in total. The molecule has 3 atom stereocenters. The summed E-state index contributed by atoms with van der Waals surface area (Å²) in [6.45, 7) is 8.01. The molecule has 2 aliphatic rings. The maximum absolute atomic E-state index is 13.4.